The Morgan fingerprint density at radius 2 is 1.23 bits per heavy atom. The zero-order chi connectivity index (χ0) is 24.0. The fourth-order valence-electron chi connectivity index (χ4n) is 5.99. The van der Waals surface area contributed by atoms with Crippen molar-refractivity contribution < 1.29 is 9.47 Å². The molecule has 0 radical (unpaired) electrons. The standard InChI is InChI=1S/C33H38O2/c1-3-32-20-19-31(23-35-32)30-15-13-27(14-16-30)26-7-5-24(6-8-26)25-9-11-28(12-10-25)29-17-21-33(22-18-29)34-4-2/h3,5-12,17-18,21-22,27,30-32H,1,4,13-16,19-20,23H2,2H3. The summed E-state index contributed by atoms with van der Waals surface area (Å²) in [6.07, 6.45) is 9.99. The maximum atomic E-state index is 5.98. The lowest BCUT2D eigenvalue weighted by Gasteiger charge is -2.37. The molecule has 2 aliphatic rings. The highest BCUT2D eigenvalue weighted by Crippen LogP contribution is 2.41. The van der Waals surface area contributed by atoms with Crippen molar-refractivity contribution in [1.29, 1.82) is 0 Å². The maximum absolute atomic E-state index is 5.98. The monoisotopic (exact) mass is 466 g/mol. The highest BCUT2D eigenvalue weighted by molar-refractivity contribution is 5.70. The molecule has 2 nitrogen and oxygen atoms in total. The van der Waals surface area contributed by atoms with Crippen LogP contribution >= 0.6 is 0 Å². The topological polar surface area (TPSA) is 18.5 Å². The first kappa shape index (κ1) is 23.9. The summed E-state index contributed by atoms with van der Waals surface area (Å²) in [5, 5.41) is 0. The van der Waals surface area contributed by atoms with Crippen LogP contribution in [-0.2, 0) is 4.74 Å². The van der Waals surface area contributed by atoms with Gasteiger partial charge in [0.15, 0.2) is 0 Å². The van der Waals surface area contributed by atoms with Crippen molar-refractivity contribution in [2.24, 2.45) is 11.8 Å². The third-order valence-electron chi connectivity index (χ3n) is 8.15. The summed E-state index contributed by atoms with van der Waals surface area (Å²) in [5.41, 5.74) is 6.51. The Kier molecular flexibility index (Phi) is 7.69. The highest BCUT2D eigenvalue weighted by Gasteiger charge is 2.31. The minimum atomic E-state index is 0.282. The third-order valence-corrected chi connectivity index (χ3v) is 8.15. The minimum absolute atomic E-state index is 0.282. The summed E-state index contributed by atoms with van der Waals surface area (Å²) in [4.78, 5) is 0. The summed E-state index contributed by atoms with van der Waals surface area (Å²) in [7, 11) is 0. The van der Waals surface area contributed by atoms with Gasteiger partial charge in [-0.2, -0.15) is 0 Å². The van der Waals surface area contributed by atoms with Crippen LogP contribution in [0.5, 0.6) is 5.75 Å². The third kappa shape index (κ3) is 5.70. The van der Waals surface area contributed by atoms with Crippen molar-refractivity contribution in [3.05, 3.63) is 91.0 Å². The van der Waals surface area contributed by atoms with E-state index in [4.69, 9.17) is 9.47 Å². The van der Waals surface area contributed by atoms with Gasteiger partial charge in [0.2, 0.25) is 0 Å². The first-order valence-corrected chi connectivity index (χ1v) is 13.4. The smallest absolute Gasteiger partial charge is 0.119 e. The lowest BCUT2D eigenvalue weighted by atomic mass is 9.72. The van der Waals surface area contributed by atoms with Crippen molar-refractivity contribution >= 4 is 0 Å². The molecule has 1 heterocycles. The Morgan fingerprint density at radius 3 is 1.71 bits per heavy atom. The molecule has 35 heavy (non-hydrogen) atoms. The molecular formula is C33H38O2. The Bertz CT molecular complexity index is 1070. The summed E-state index contributed by atoms with van der Waals surface area (Å²) >= 11 is 0. The molecule has 1 aliphatic heterocycles. The van der Waals surface area contributed by atoms with Gasteiger partial charge < -0.3 is 9.47 Å². The van der Waals surface area contributed by atoms with Crippen LogP contribution in [0.15, 0.2) is 85.5 Å². The quantitative estimate of drug-likeness (QED) is 0.324. The molecule has 2 heteroatoms. The lowest BCUT2D eigenvalue weighted by Crippen LogP contribution is -2.31. The fourth-order valence-corrected chi connectivity index (χ4v) is 5.99. The first-order valence-electron chi connectivity index (χ1n) is 13.4. The van der Waals surface area contributed by atoms with E-state index in [1.807, 2.05) is 25.1 Å². The van der Waals surface area contributed by atoms with Crippen LogP contribution in [0.2, 0.25) is 0 Å². The molecule has 0 aromatic heterocycles. The van der Waals surface area contributed by atoms with E-state index < -0.39 is 0 Å². The van der Waals surface area contributed by atoms with Crippen LogP contribution in [0.1, 0.15) is 56.9 Å². The molecule has 1 aliphatic carbocycles. The summed E-state index contributed by atoms with van der Waals surface area (Å²) < 4.78 is 11.5. The number of ether oxygens (including phenoxy) is 2. The van der Waals surface area contributed by atoms with Gasteiger partial charge in [0.05, 0.1) is 19.3 Å². The second-order valence-electron chi connectivity index (χ2n) is 10.2. The minimum Gasteiger partial charge on any atom is -0.494 e. The number of rotatable bonds is 7. The predicted octanol–water partition coefficient (Wildman–Crippen LogP) is 8.67. The molecule has 0 amide bonds. The van der Waals surface area contributed by atoms with Gasteiger partial charge in [-0.25, -0.2) is 0 Å². The molecule has 0 spiro atoms. The fraction of sp³-hybridized carbons (Fsp3) is 0.394. The van der Waals surface area contributed by atoms with Gasteiger partial charge in [-0.15, -0.1) is 6.58 Å². The molecule has 3 aromatic carbocycles. The van der Waals surface area contributed by atoms with Crippen molar-refractivity contribution in [2.45, 2.75) is 57.5 Å². The largest absolute Gasteiger partial charge is 0.494 e. The number of hydrogen-bond donors (Lipinski definition) is 0. The SMILES string of the molecule is C=CC1CCC(C2CCC(c3ccc(-c4ccc(-c5ccc(OCC)cc5)cc4)cc3)CC2)CO1. The average molecular weight is 467 g/mol. The number of benzene rings is 3. The van der Waals surface area contributed by atoms with Crippen LogP contribution in [0, 0.1) is 11.8 Å². The second kappa shape index (κ2) is 11.3. The summed E-state index contributed by atoms with van der Waals surface area (Å²) in [6.45, 7) is 7.52. The summed E-state index contributed by atoms with van der Waals surface area (Å²) in [6, 6.07) is 26.6. The van der Waals surface area contributed by atoms with Crippen molar-refractivity contribution in [3.8, 4) is 28.0 Å². The molecule has 0 N–H and O–H groups in total. The maximum Gasteiger partial charge on any atom is 0.119 e. The Hall–Kier alpha value is -2.84. The van der Waals surface area contributed by atoms with Crippen molar-refractivity contribution in [2.75, 3.05) is 13.2 Å². The number of hydrogen-bond acceptors (Lipinski definition) is 2. The van der Waals surface area contributed by atoms with E-state index in [-0.39, 0.29) is 6.10 Å². The molecule has 2 unspecified atom stereocenters. The molecule has 1 saturated heterocycles. The zero-order valence-corrected chi connectivity index (χ0v) is 21.0. The average Bonchev–Trinajstić information content (AvgIpc) is 2.94. The van der Waals surface area contributed by atoms with E-state index in [1.54, 1.807) is 0 Å². The van der Waals surface area contributed by atoms with E-state index in [1.165, 1.54) is 59.9 Å². The highest BCUT2D eigenvalue weighted by atomic mass is 16.5. The summed E-state index contributed by atoms with van der Waals surface area (Å²) in [5.74, 6) is 3.21. The predicted molar refractivity (Wildman–Crippen MR) is 146 cm³/mol. The van der Waals surface area contributed by atoms with Gasteiger partial charge in [0, 0.05) is 0 Å². The van der Waals surface area contributed by atoms with E-state index in [2.05, 4.69) is 67.2 Å². The Morgan fingerprint density at radius 1 is 0.714 bits per heavy atom. The van der Waals surface area contributed by atoms with Gasteiger partial charge in [0.1, 0.15) is 5.75 Å². The zero-order valence-electron chi connectivity index (χ0n) is 21.0. The van der Waals surface area contributed by atoms with E-state index in [0.29, 0.717) is 12.5 Å². The van der Waals surface area contributed by atoms with Crippen LogP contribution < -0.4 is 4.74 Å². The molecule has 2 atom stereocenters. The molecular weight excluding hydrogens is 428 g/mol. The van der Waals surface area contributed by atoms with Crippen LogP contribution in [0.3, 0.4) is 0 Å². The van der Waals surface area contributed by atoms with Gasteiger partial charge in [-0.1, -0.05) is 66.7 Å². The van der Waals surface area contributed by atoms with Gasteiger partial charge in [0.25, 0.3) is 0 Å². The lowest BCUT2D eigenvalue weighted by molar-refractivity contribution is -0.0147. The second-order valence-corrected chi connectivity index (χ2v) is 10.2. The van der Waals surface area contributed by atoms with Crippen molar-refractivity contribution in [3.63, 3.8) is 0 Å². The molecule has 3 aromatic rings. The van der Waals surface area contributed by atoms with Gasteiger partial charge in [-0.3, -0.25) is 0 Å². The van der Waals surface area contributed by atoms with Gasteiger partial charge in [-0.05, 0) is 103 Å². The van der Waals surface area contributed by atoms with Crippen LogP contribution in [0.4, 0.5) is 0 Å². The van der Waals surface area contributed by atoms with E-state index >= 15 is 0 Å². The molecule has 5 rings (SSSR count). The van der Waals surface area contributed by atoms with Crippen LogP contribution in [-0.4, -0.2) is 19.3 Å². The Labute approximate surface area is 211 Å². The first-order chi connectivity index (χ1) is 17.2. The van der Waals surface area contributed by atoms with Crippen LogP contribution in [0.25, 0.3) is 22.3 Å². The molecule has 182 valence electrons. The molecule has 1 saturated carbocycles. The van der Waals surface area contributed by atoms with Crippen molar-refractivity contribution in [1.82, 2.24) is 0 Å². The molecule has 2 fully saturated rings. The van der Waals surface area contributed by atoms with Gasteiger partial charge >= 0.3 is 0 Å². The normalized spacial score (nSPS) is 24.6. The van der Waals surface area contributed by atoms with E-state index in [0.717, 1.165) is 30.6 Å². The van der Waals surface area contributed by atoms with E-state index in [9.17, 15) is 0 Å². The Balaban J connectivity index is 1.17. The molecule has 0 bridgehead atoms.